The molecule has 0 unspecified atom stereocenters. The molecule has 0 aliphatic carbocycles. The van der Waals surface area contributed by atoms with Crippen LogP contribution in [0.25, 0.3) is 0 Å². The first-order chi connectivity index (χ1) is 7.28. The summed E-state index contributed by atoms with van der Waals surface area (Å²) in [6, 6.07) is 8.47. The molecule has 0 aliphatic heterocycles. The minimum Gasteiger partial charge on any atom is -0.345 e. The van der Waals surface area contributed by atoms with Crippen LogP contribution in [-0.2, 0) is 12.3 Å². The molecule has 16 heavy (non-hydrogen) atoms. The first-order valence-electron chi connectivity index (χ1n) is 4.92. The zero-order valence-electron chi connectivity index (χ0n) is 9.03. The van der Waals surface area contributed by atoms with E-state index in [9.17, 15) is 0 Å². The maximum Gasteiger partial charge on any atom is 0.110 e. The number of benzene rings is 1. The second kappa shape index (κ2) is 5.92. The van der Waals surface area contributed by atoms with Crippen LogP contribution in [0.2, 0.25) is 0 Å². The van der Waals surface area contributed by atoms with Crippen molar-refractivity contribution in [3.63, 3.8) is 0 Å². The van der Waals surface area contributed by atoms with E-state index >= 15 is 0 Å². The molecule has 0 saturated carbocycles. The lowest BCUT2D eigenvalue weighted by Crippen LogP contribution is -1.91. The Balaban J connectivity index is 0.00000128. The number of H-pyrrole nitrogens is 1. The van der Waals surface area contributed by atoms with E-state index in [0.717, 1.165) is 17.9 Å². The van der Waals surface area contributed by atoms with Gasteiger partial charge in [0.05, 0.1) is 5.88 Å². The molecule has 0 saturated heterocycles. The molecule has 1 heterocycles. The Morgan fingerprint density at radius 3 is 2.50 bits per heavy atom. The Morgan fingerprint density at radius 1 is 1.25 bits per heavy atom. The average molecular weight is 257 g/mol. The summed E-state index contributed by atoms with van der Waals surface area (Å²) in [5.41, 5.74) is 3.51. The molecule has 86 valence electrons. The van der Waals surface area contributed by atoms with Gasteiger partial charge in [-0.2, -0.15) is 0 Å². The number of aromatic amines is 1. The molecule has 0 radical (unpaired) electrons. The van der Waals surface area contributed by atoms with E-state index in [1.54, 1.807) is 6.20 Å². The third-order valence-electron chi connectivity index (χ3n) is 2.32. The molecule has 2 nitrogen and oxygen atoms in total. The molecule has 0 aliphatic rings. The molecule has 1 aromatic carbocycles. The largest absolute Gasteiger partial charge is 0.345 e. The van der Waals surface area contributed by atoms with Gasteiger partial charge in [0.1, 0.15) is 5.82 Å². The summed E-state index contributed by atoms with van der Waals surface area (Å²) in [7, 11) is 0. The number of alkyl halides is 1. The summed E-state index contributed by atoms with van der Waals surface area (Å²) in [5, 5.41) is 0. The summed E-state index contributed by atoms with van der Waals surface area (Å²) in [6.07, 6.45) is 2.62. The van der Waals surface area contributed by atoms with Gasteiger partial charge in [0, 0.05) is 18.3 Å². The monoisotopic (exact) mass is 256 g/mol. The van der Waals surface area contributed by atoms with Crippen molar-refractivity contribution in [1.29, 1.82) is 0 Å². The molecule has 0 fully saturated rings. The molecule has 2 rings (SSSR count). The van der Waals surface area contributed by atoms with Crippen LogP contribution in [0.3, 0.4) is 0 Å². The topological polar surface area (TPSA) is 28.7 Å². The highest BCUT2D eigenvalue weighted by Gasteiger charge is 2.00. The third-order valence-corrected chi connectivity index (χ3v) is 2.61. The predicted molar refractivity (Wildman–Crippen MR) is 69.4 cm³/mol. The molecule has 2 aromatic rings. The van der Waals surface area contributed by atoms with Crippen LogP contribution in [0.5, 0.6) is 0 Å². The fourth-order valence-corrected chi connectivity index (χ4v) is 1.60. The van der Waals surface area contributed by atoms with Crippen LogP contribution in [0.1, 0.15) is 22.6 Å². The molecule has 0 atom stereocenters. The second-order valence-corrected chi connectivity index (χ2v) is 3.92. The van der Waals surface area contributed by atoms with Crippen molar-refractivity contribution in [2.45, 2.75) is 19.2 Å². The number of imidazole rings is 1. The standard InChI is InChI=1S/C12H13ClN2.ClH/c1-9-2-4-10(5-3-9)6-12-14-8-11(7-13)15-12;/h2-5,8H,6-7H2,1H3,(H,14,15);1H. The molecular formula is C12H14Cl2N2. The van der Waals surface area contributed by atoms with Crippen molar-refractivity contribution in [2.24, 2.45) is 0 Å². The maximum atomic E-state index is 5.69. The first-order valence-corrected chi connectivity index (χ1v) is 5.45. The van der Waals surface area contributed by atoms with Gasteiger partial charge < -0.3 is 4.98 Å². The summed E-state index contributed by atoms with van der Waals surface area (Å²) < 4.78 is 0. The van der Waals surface area contributed by atoms with Crippen LogP contribution < -0.4 is 0 Å². The number of hydrogen-bond donors (Lipinski definition) is 1. The van der Waals surface area contributed by atoms with Gasteiger partial charge in [-0.05, 0) is 12.5 Å². The molecule has 4 heteroatoms. The van der Waals surface area contributed by atoms with Crippen LogP contribution in [0.4, 0.5) is 0 Å². The summed E-state index contributed by atoms with van der Waals surface area (Å²) in [6.45, 7) is 2.09. The number of hydrogen-bond acceptors (Lipinski definition) is 1. The third kappa shape index (κ3) is 3.26. The molecule has 0 spiro atoms. The highest BCUT2D eigenvalue weighted by molar-refractivity contribution is 6.16. The molecule has 1 N–H and O–H groups in total. The molecule has 1 aromatic heterocycles. The summed E-state index contributed by atoms with van der Waals surface area (Å²) >= 11 is 5.69. The average Bonchev–Trinajstić information content (AvgIpc) is 2.69. The second-order valence-electron chi connectivity index (χ2n) is 3.65. The van der Waals surface area contributed by atoms with Gasteiger partial charge in [-0.25, -0.2) is 4.98 Å². The number of nitrogens with zero attached hydrogens (tertiary/aromatic N) is 1. The van der Waals surface area contributed by atoms with Crippen molar-refractivity contribution >= 4 is 24.0 Å². The zero-order valence-corrected chi connectivity index (χ0v) is 10.6. The fraction of sp³-hybridized carbons (Fsp3) is 0.250. The van der Waals surface area contributed by atoms with Crippen LogP contribution >= 0.6 is 24.0 Å². The Hall–Kier alpha value is -0.990. The molecule has 0 bridgehead atoms. The molecule has 0 amide bonds. The Labute approximate surface area is 106 Å². The van der Waals surface area contributed by atoms with Crippen LogP contribution in [0.15, 0.2) is 30.5 Å². The van der Waals surface area contributed by atoms with Crippen LogP contribution in [-0.4, -0.2) is 9.97 Å². The van der Waals surface area contributed by atoms with E-state index in [4.69, 9.17) is 11.6 Å². The van der Waals surface area contributed by atoms with E-state index in [1.807, 2.05) is 0 Å². The van der Waals surface area contributed by atoms with Crippen molar-refractivity contribution in [1.82, 2.24) is 9.97 Å². The Bertz CT molecular complexity index is 435. The normalized spacial score (nSPS) is 9.88. The van der Waals surface area contributed by atoms with Gasteiger partial charge in [-0.1, -0.05) is 29.8 Å². The van der Waals surface area contributed by atoms with E-state index in [2.05, 4.69) is 41.2 Å². The van der Waals surface area contributed by atoms with Crippen molar-refractivity contribution < 1.29 is 0 Å². The van der Waals surface area contributed by atoms with Crippen LogP contribution in [0, 0.1) is 6.92 Å². The summed E-state index contributed by atoms with van der Waals surface area (Å²) in [4.78, 5) is 7.45. The lowest BCUT2D eigenvalue weighted by Gasteiger charge is -1.98. The SMILES string of the molecule is Cc1ccc(Cc2ncc(CCl)[nH]2)cc1.Cl. The van der Waals surface area contributed by atoms with Crippen molar-refractivity contribution in [3.8, 4) is 0 Å². The van der Waals surface area contributed by atoms with E-state index < -0.39 is 0 Å². The first kappa shape index (κ1) is 13.1. The fourth-order valence-electron chi connectivity index (χ4n) is 1.46. The van der Waals surface area contributed by atoms with E-state index in [-0.39, 0.29) is 12.4 Å². The van der Waals surface area contributed by atoms with E-state index in [1.165, 1.54) is 11.1 Å². The highest BCUT2D eigenvalue weighted by atomic mass is 35.5. The van der Waals surface area contributed by atoms with Crippen molar-refractivity contribution in [2.75, 3.05) is 0 Å². The number of nitrogens with one attached hydrogen (secondary N) is 1. The van der Waals surface area contributed by atoms with Crippen molar-refractivity contribution in [3.05, 3.63) is 53.1 Å². The number of rotatable bonds is 3. The maximum absolute atomic E-state index is 5.69. The predicted octanol–water partition coefficient (Wildman–Crippen LogP) is 3.47. The van der Waals surface area contributed by atoms with E-state index in [0.29, 0.717) is 5.88 Å². The lowest BCUT2D eigenvalue weighted by atomic mass is 10.1. The summed E-state index contributed by atoms with van der Waals surface area (Å²) in [5.74, 6) is 1.45. The number of aryl methyl sites for hydroxylation is 1. The Kier molecular flexibility index (Phi) is 4.84. The van der Waals surface area contributed by atoms with Gasteiger partial charge in [0.15, 0.2) is 0 Å². The van der Waals surface area contributed by atoms with Gasteiger partial charge in [0.25, 0.3) is 0 Å². The number of aromatic nitrogens is 2. The minimum absolute atomic E-state index is 0. The van der Waals surface area contributed by atoms with Gasteiger partial charge in [0.2, 0.25) is 0 Å². The van der Waals surface area contributed by atoms with Gasteiger partial charge in [-0.15, -0.1) is 24.0 Å². The zero-order chi connectivity index (χ0) is 10.7. The van der Waals surface area contributed by atoms with Gasteiger partial charge >= 0.3 is 0 Å². The Morgan fingerprint density at radius 2 is 1.94 bits per heavy atom. The van der Waals surface area contributed by atoms with Gasteiger partial charge in [-0.3, -0.25) is 0 Å². The smallest absolute Gasteiger partial charge is 0.110 e. The lowest BCUT2D eigenvalue weighted by molar-refractivity contribution is 1.01. The number of halogens is 2. The quantitative estimate of drug-likeness (QED) is 0.838. The molecular weight excluding hydrogens is 243 g/mol. The highest BCUT2D eigenvalue weighted by Crippen LogP contribution is 2.09. The minimum atomic E-state index is 0.